The van der Waals surface area contributed by atoms with Gasteiger partial charge in [-0.2, -0.15) is 0 Å². The third-order valence-electron chi connectivity index (χ3n) is 2.21. The summed E-state index contributed by atoms with van der Waals surface area (Å²) in [5, 5.41) is 9.92. The van der Waals surface area contributed by atoms with E-state index in [0.717, 1.165) is 17.1 Å². The highest BCUT2D eigenvalue weighted by Gasteiger charge is 2.24. The molecule has 0 fully saturated rings. The zero-order chi connectivity index (χ0) is 13.0. The second-order valence-electron chi connectivity index (χ2n) is 3.40. The lowest BCUT2D eigenvalue weighted by atomic mass is 9.98. The molecule has 3 N–H and O–H groups in total. The van der Waals surface area contributed by atoms with Crippen molar-refractivity contribution in [2.75, 3.05) is 5.32 Å². The van der Waals surface area contributed by atoms with Crippen LogP contribution < -0.4 is 11.1 Å². The Bertz CT molecular complexity index is 543. The van der Waals surface area contributed by atoms with Crippen molar-refractivity contribution in [3.63, 3.8) is 0 Å². The quantitative estimate of drug-likeness (QED) is 0.809. The summed E-state index contributed by atoms with van der Waals surface area (Å²) in [7, 11) is 0. The van der Waals surface area contributed by atoms with Crippen LogP contribution in [0.25, 0.3) is 0 Å². The number of carbonyl (C=O) groups excluding carboxylic acids is 1. The van der Waals surface area contributed by atoms with Crippen LogP contribution in [0.3, 0.4) is 0 Å². The maximum Gasteiger partial charge on any atom is 0.240 e. The molecule has 0 saturated heterocycles. The normalized spacial score (nSPS) is 11.8. The molecule has 1 aromatic heterocycles. The monoisotopic (exact) mass is 279 g/mol. The van der Waals surface area contributed by atoms with Gasteiger partial charge in [0, 0.05) is 11.5 Å². The van der Waals surface area contributed by atoms with Crippen LogP contribution in [0.5, 0.6) is 0 Å². The number of benzene rings is 1. The van der Waals surface area contributed by atoms with Gasteiger partial charge in [0.1, 0.15) is 5.92 Å². The van der Waals surface area contributed by atoms with Gasteiger partial charge in [-0.25, -0.2) is 0 Å². The fourth-order valence-corrected chi connectivity index (χ4v) is 2.06. The summed E-state index contributed by atoms with van der Waals surface area (Å²) in [6.45, 7) is 0. The Morgan fingerprint density at radius 1 is 1.39 bits per heavy atom. The number of amides is 1. The fraction of sp³-hybridized carbons (Fsp3) is 0.100. The number of nitrogens with two attached hydrogens (primary N) is 1. The molecule has 0 aliphatic rings. The predicted molar refractivity (Wildman–Crippen MR) is 72.3 cm³/mol. The Hall–Kier alpha value is -1.93. The van der Waals surface area contributed by atoms with Crippen molar-refractivity contribution in [2.24, 2.45) is 5.73 Å². The summed E-state index contributed by atoms with van der Waals surface area (Å²) >= 11 is 5.93. The first-order chi connectivity index (χ1) is 8.68. The maximum absolute atomic E-state index is 12.1. The Morgan fingerprint density at radius 2 is 2.11 bits per heavy atom. The molecule has 0 spiro atoms. The summed E-state index contributed by atoms with van der Waals surface area (Å²) in [6, 6.07) is 9.08. The van der Waals surface area contributed by atoms with Gasteiger partial charge in [-0.15, -0.1) is 0 Å². The first kappa shape index (κ1) is 12.5. The topological polar surface area (TPSA) is 93.8 Å². The molecule has 92 valence electrons. The van der Waals surface area contributed by atoms with Gasteiger partial charge >= 0.3 is 0 Å². The van der Waals surface area contributed by atoms with E-state index in [4.69, 9.17) is 18.0 Å². The number of rotatable bonds is 4. The van der Waals surface area contributed by atoms with E-state index in [0.29, 0.717) is 5.13 Å². The number of hydrogen-bond acceptors (Lipinski definition) is 6. The van der Waals surface area contributed by atoms with E-state index in [1.54, 1.807) is 12.1 Å². The van der Waals surface area contributed by atoms with Gasteiger partial charge in [0.05, 0.1) is 4.99 Å². The number of nitrogens with zero attached hydrogens (tertiary/aromatic N) is 3. The molecule has 0 saturated carbocycles. The summed E-state index contributed by atoms with van der Waals surface area (Å²) in [4.78, 5) is 12.2. The average molecular weight is 279 g/mol. The highest BCUT2D eigenvalue weighted by atomic mass is 32.1. The van der Waals surface area contributed by atoms with Crippen molar-refractivity contribution < 1.29 is 4.79 Å². The van der Waals surface area contributed by atoms with Crippen molar-refractivity contribution in [2.45, 2.75) is 5.92 Å². The van der Waals surface area contributed by atoms with Crippen LogP contribution in [-0.2, 0) is 4.79 Å². The van der Waals surface area contributed by atoms with Crippen molar-refractivity contribution >= 4 is 39.8 Å². The first-order valence-electron chi connectivity index (χ1n) is 4.98. The number of carbonyl (C=O) groups is 1. The number of nitrogens with one attached hydrogen (secondary N) is 1. The van der Waals surface area contributed by atoms with E-state index in [-0.39, 0.29) is 10.9 Å². The lowest BCUT2D eigenvalue weighted by Crippen LogP contribution is -2.31. The summed E-state index contributed by atoms with van der Waals surface area (Å²) in [5.41, 5.74) is 6.36. The molecular weight excluding hydrogens is 270 g/mol. The second kappa shape index (κ2) is 5.61. The van der Waals surface area contributed by atoms with Crippen molar-refractivity contribution in [3.8, 4) is 0 Å². The van der Waals surface area contributed by atoms with Crippen LogP contribution in [0.2, 0.25) is 0 Å². The molecule has 2 rings (SSSR count). The summed E-state index contributed by atoms with van der Waals surface area (Å²) < 4.78 is 3.55. The number of aromatic nitrogens is 3. The third-order valence-corrected chi connectivity index (χ3v) is 2.96. The number of anilines is 1. The van der Waals surface area contributed by atoms with Crippen LogP contribution in [0.4, 0.5) is 5.13 Å². The lowest BCUT2D eigenvalue weighted by Gasteiger charge is -2.14. The predicted octanol–water partition coefficient (Wildman–Crippen LogP) is 0.942. The Balaban J connectivity index is 2.21. The molecule has 6 nitrogen and oxygen atoms in total. The van der Waals surface area contributed by atoms with Crippen molar-refractivity contribution in [1.29, 1.82) is 0 Å². The third kappa shape index (κ3) is 2.84. The van der Waals surface area contributed by atoms with Crippen LogP contribution >= 0.6 is 23.8 Å². The van der Waals surface area contributed by atoms with Crippen LogP contribution in [0, 0.1) is 0 Å². The molecule has 1 amide bonds. The van der Waals surface area contributed by atoms with Gasteiger partial charge in [0.15, 0.2) is 0 Å². The Kier molecular flexibility index (Phi) is 3.90. The highest BCUT2D eigenvalue weighted by molar-refractivity contribution is 7.80. The van der Waals surface area contributed by atoms with Crippen molar-refractivity contribution in [1.82, 2.24) is 14.8 Å². The smallest absolute Gasteiger partial charge is 0.240 e. The molecule has 18 heavy (non-hydrogen) atoms. The minimum absolute atomic E-state index is 0.108. The van der Waals surface area contributed by atoms with E-state index in [9.17, 15) is 4.79 Å². The van der Waals surface area contributed by atoms with Gasteiger partial charge in [0.25, 0.3) is 0 Å². The van der Waals surface area contributed by atoms with Crippen LogP contribution in [0.1, 0.15) is 11.5 Å². The highest BCUT2D eigenvalue weighted by Crippen LogP contribution is 2.18. The Labute approximate surface area is 112 Å². The second-order valence-corrected chi connectivity index (χ2v) is 4.61. The molecule has 8 heteroatoms. The van der Waals surface area contributed by atoms with Gasteiger partial charge < -0.3 is 5.73 Å². The number of hydrogen-bond donors (Lipinski definition) is 2. The van der Waals surface area contributed by atoms with E-state index < -0.39 is 5.92 Å². The summed E-state index contributed by atoms with van der Waals surface area (Å²) in [5.74, 6) is -1.03. The Morgan fingerprint density at radius 3 is 2.67 bits per heavy atom. The molecular formula is C10H9N5OS2. The lowest BCUT2D eigenvalue weighted by molar-refractivity contribution is -0.116. The zero-order valence-electron chi connectivity index (χ0n) is 9.11. The molecule has 1 atom stereocenters. The minimum atomic E-state index is -0.690. The largest absolute Gasteiger partial charge is 0.392 e. The van der Waals surface area contributed by atoms with Crippen LogP contribution in [-0.4, -0.2) is 25.7 Å². The standard InChI is InChI=1S/C10H9N5OS2/c11-8(17)7(6-4-2-1-3-5-6)9(16)12-10-13-14-15-18-10/h1-5,7H,(H2,11,17)(H,12,13,15,16). The minimum Gasteiger partial charge on any atom is -0.392 e. The molecule has 0 radical (unpaired) electrons. The molecule has 1 heterocycles. The molecule has 1 unspecified atom stereocenters. The van der Waals surface area contributed by atoms with Gasteiger partial charge in [0.2, 0.25) is 11.0 Å². The van der Waals surface area contributed by atoms with Gasteiger partial charge in [-0.1, -0.05) is 52.1 Å². The van der Waals surface area contributed by atoms with Gasteiger partial charge in [-0.3, -0.25) is 10.1 Å². The molecule has 0 aliphatic carbocycles. The molecule has 0 bridgehead atoms. The van der Waals surface area contributed by atoms with E-state index in [1.807, 2.05) is 18.2 Å². The molecule has 1 aromatic carbocycles. The van der Waals surface area contributed by atoms with E-state index >= 15 is 0 Å². The summed E-state index contributed by atoms with van der Waals surface area (Å²) in [6.07, 6.45) is 0. The number of thiocarbonyl (C=S) groups is 1. The van der Waals surface area contributed by atoms with E-state index in [2.05, 4.69) is 20.1 Å². The molecule has 0 aliphatic heterocycles. The average Bonchev–Trinajstić information content (AvgIpc) is 2.83. The fourth-order valence-electron chi connectivity index (χ4n) is 1.45. The maximum atomic E-state index is 12.1. The first-order valence-corrected chi connectivity index (χ1v) is 6.17. The van der Waals surface area contributed by atoms with E-state index in [1.165, 1.54) is 0 Å². The SMILES string of the molecule is NC(=S)C(C(=O)Nc1nnns1)c1ccccc1. The van der Waals surface area contributed by atoms with Gasteiger partial charge in [-0.05, 0) is 10.8 Å². The van der Waals surface area contributed by atoms with Crippen LogP contribution in [0.15, 0.2) is 30.3 Å². The zero-order valence-corrected chi connectivity index (χ0v) is 10.7. The van der Waals surface area contributed by atoms with Crippen molar-refractivity contribution in [3.05, 3.63) is 35.9 Å². The molecule has 2 aromatic rings.